The van der Waals surface area contributed by atoms with Gasteiger partial charge in [0.2, 0.25) is 0 Å². The van der Waals surface area contributed by atoms with Crippen LogP contribution in [0.3, 0.4) is 0 Å². The van der Waals surface area contributed by atoms with Crippen molar-refractivity contribution in [2.75, 3.05) is 25.1 Å². The van der Waals surface area contributed by atoms with Crippen LogP contribution in [0.4, 0.5) is 5.82 Å². The lowest BCUT2D eigenvalue weighted by molar-refractivity contribution is 0.0592. The van der Waals surface area contributed by atoms with E-state index in [4.69, 9.17) is 0 Å². The maximum atomic E-state index is 11.4. The van der Waals surface area contributed by atoms with Crippen LogP contribution in [0.25, 0.3) is 0 Å². The molecule has 1 atom stereocenters. The van der Waals surface area contributed by atoms with Crippen LogP contribution in [0.2, 0.25) is 0 Å². The summed E-state index contributed by atoms with van der Waals surface area (Å²) in [6, 6.07) is 12.3. The molecule has 2 aromatic rings. The summed E-state index contributed by atoms with van der Waals surface area (Å²) in [5.41, 5.74) is 2.93. The Bertz CT molecular complexity index is 683. The van der Waals surface area contributed by atoms with Crippen molar-refractivity contribution >= 4 is 11.8 Å². The Morgan fingerprint density at radius 2 is 2.00 bits per heavy atom. The smallest absolute Gasteiger partial charge is 0.358 e. The molecule has 126 valence electrons. The van der Waals surface area contributed by atoms with Crippen LogP contribution in [0.5, 0.6) is 0 Å². The highest BCUT2D eigenvalue weighted by Crippen LogP contribution is 2.24. The largest absolute Gasteiger partial charge is 0.464 e. The lowest BCUT2D eigenvalue weighted by Gasteiger charge is -2.33. The van der Waals surface area contributed by atoms with Crippen molar-refractivity contribution < 1.29 is 9.53 Å². The lowest BCUT2D eigenvalue weighted by Crippen LogP contribution is -2.37. The fourth-order valence-corrected chi connectivity index (χ4v) is 3.20. The van der Waals surface area contributed by atoms with Gasteiger partial charge in [0, 0.05) is 13.1 Å². The van der Waals surface area contributed by atoms with Gasteiger partial charge in [-0.25, -0.2) is 4.79 Å². The Kier molecular flexibility index (Phi) is 5.08. The number of rotatable bonds is 4. The van der Waals surface area contributed by atoms with E-state index in [1.807, 2.05) is 6.07 Å². The van der Waals surface area contributed by atoms with Gasteiger partial charge < -0.3 is 9.64 Å². The van der Waals surface area contributed by atoms with Gasteiger partial charge in [-0.3, -0.25) is 0 Å². The molecule has 0 aliphatic carbocycles. The number of hydrogen-bond acceptors (Lipinski definition) is 5. The molecular formula is C19H23N3O2. The van der Waals surface area contributed by atoms with E-state index in [-0.39, 0.29) is 5.69 Å². The molecule has 1 fully saturated rings. The van der Waals surface area contributed by atoms with E-state index in [1.165, 1.54) is 24.7 Å². The molecule has 1 aliphatic heterocycles. The summed E-state index contributed by atoms with van der Waals surface area (Å²) in [6.07, 6.45) is 3.47. The molecule has 0 saturated carbocycles. The molecule has 5 heteroatoms. The Labute approximate surface area is 142 Å². The van der Waals surface area contributed by atoms with Crippen LogP contribution in [0.1, 0.15) is 34.5 Å². The molecule has 1 saturated heterocycles. The van der Waals surface area contributed by atoms with Crippen molar-refractivity contribution in [3.8, 4) is 0 Å². The molecule has 3 rings (SSSR count). The van der Waals surface area contributed by atoms with Crippen molar-refractivity contribution in [3.63, 3.8) is 0 Å². The number of aryl methyl sites for hydroxylation is 1. The van der Waals surface area contributed by atoms with Gasteiger partial charge in [0.25, 0.3) is 0 Å². The summed E-state index contributed by atoms with van der Waals surface area (Å²) < 4.78 is 4.66. The normalized spacial score (nSPS) is 17.6. The molecule has 0 bridgehead atoms. The molecule has 1 aromatic heterocycles. The molecule has 0 spiro atoms. The molecule has 5 nitrogen and oxygen atoms in total. The number of benzene rings is 1. The highest BCUT2D eigenvalue weighted by atomic mass is 16.5. The van der Waals surface area contributed by atoms with Crippen LogP contribution in [0, 0.1) is 12.8 Å². The molecule has 2 heterocycles. The summed E-state index contributed by atoms with van der Waals surface area (Å²) in [6.45, 7) is 4.07. The van der Waals surface area contributed by atoms with Gasteiger partial charge in [-0.1, -0.05) is 29.8 Å². The number of hydrogen-bond donors (Lipinski definition) is 0. The summed E-state index contributed by atoms with van der Waals surface area (Å²) in [5.74, 6) is 0.991. The fraction of sp³-hybridized carbons (Fsp3) is 0.421. The maximum Gasteiger partial charge on any atom is 0.358 e. The van der Waals surface area contributed by atoms with E-state index in [0.29, 0.717) is 5.92 Å². The van der Waals surface area contributed by atoms with Crippen LogP contribution in [-0.2, 0) is 11.2 Å². The second-order valence-electron chi connectivity index (χ2n) is 6.41. The number of methoxy groups -OCH3 is 1. The minimum atomic E-state index is -0.454. The number of carbonyl (C=O) groups excluding carboxylic acids is 1. The van der Waals surface area contributed by atoms with E-state index in [9.17, 15) is 4.79 Å². The third-order valence-electron chi connectivity index (χ3n) is 4.53. The number of carbonyl (C=O) groups is 1. The molecule has 1 aliphatic rings. The number of aromatic nitrogens is 2. The molecule has 0 radical (unpaired) electrons. The molecule has 1 aromatic carbocycles. The third-order valence-corrected chi connectivity index (χ3v) is 4.53. The lowest BCUT2D eigenvalue weighted by atomic mass is 9.91. The van der Waals surface area contributed by atoms with Crippen LogP contribution in [0.15, 0.2) is 36.4 Å². The van der Waals surface area contributed by atoms with Gasteiger partial charge in [-0.2, -0.15) is 0 Å². The molecular weight excluding hydrogens is 302 g/mol. The van der Waals surface area contributed by atoms with Crippen molar-refractivity contribution in [1.29, 1.82) is 0 Å². The van der Waals surface area contributed by atoms with E-state index >= 15 is 0 Å². The minimum Gasteiger partial charge on any atom is -0.464 e. The first-order chi connectivity index (χ1) is 11.7. The zero-order valence-corrected chi connectivity index (χ0v) is 14.2. The zero-order chi connectivity index (χ0) is 16.9. The van der Waals surface area contributed by atoms with Gasteiger partial charge >= 0.3 is 5.97 Å². The van der Waals surface area contributed by atoms with Crippen molar-refractivity contribution in [2.24, 2.45) is 5.92 Å². The number of anilines is 1. The quantitative estimate of drug-likeness (QED) is 0.809. The first kappa shape index (κ1) is 16.4. The molecule has 24 heavy (non-hydrogen) atoms. The summed E-state index contributed by atoms with van der Waals surface area (Å²) in [4.78, 5) is 13.7. The van der Waals surface area contributed by atoms with Crippen molar-refractivity contribution in [2.45, 2.75) is 26.2 Å². The molecule has 0 amide bonds. The predicted molar refractivity (Wildman–Crippen MR) is 93.2 cm³/mol. The number of piperidine rings is 1. The summed E-state index contributed by atoms with van der Waals surface area (Å²) in [7, 11) is 1.35. The predicted octanol–water partition coefficient (Wildman–Crippen LogP) is 3.03. The van der Waals surface area contributed by atoms with Gasteiger partial charge in [0.15, 0.2) is 11.5 Å². The van der Waals surface area contributed by atoms with E-state index < -0.39 is 5.97 Å². The zero-order valence-electron chi connectivity index (χ0n) is 14.2. The highest BCUT2D eigenvalue weighted by molar-refractivity contribution is 5.86. The Morgan fingerprint density at radius 1 is 1.21 bits per heavy atom. The number of ether oxygens (including phenoxy) is 1. The van der Waals surface area contributed by atoms with Gasteiger partial charge in [0.1, 0.15) is 0 Å². The topological polar surface area (TPSA) is 55.3 Å². The average Bonchev–Trinajstić information content (AvgIpc) is 2.63. The van der Waals surface area contributed by atoms with E-state index in [1.54, 1.807) is 6.07 Å². The van der Waals surface area contributed by atoms with Gasteiger partial charge in [-0.05, 0) is 49.8 Å². The Morgan fingerprint density at radius 3 is 2.67 bits per heavy atom. The highest BCUT2D eigenvalue weighted by Gasteiger charge is 2.22. The number of esters is 1. The van der Waals surface area contributed by atoms with E-state index in [2.05, 4.69) is 51.0 Å². The Hall–Kier alpha value is -2.43. The van der Waals surface area contributed by atoms with Gasteiger partial charge in [-0.15, -0.1) is 10.2 Å². The number of nitrogens with zero attached hydrogens (tertiary/aromatic N) is 3. The summed E-state index contributed by atoms with van der Waals surface area (Å²) in [5, 5.41) is 8.18. The Balaban J connectivity index is 1.64. The second-order valence-corrected chi connectivity index (χ2v) is 6.41. The van der Waals surface area contributed by atoms with Crippen LogP contribution < -0.4 is 4.90 Å². The van der Waals surface area contributed by atoms with E-state index in [0.717, 1.165) is 31.7 Å². The van der Waals surface area contributed by atoms with Crippen LogP contribution >= 0.6 is 0 Å². The first-order valence-electron chi connectivity index (χ1n) is 8.38. The second kappa shape index (κ2) is 7.43. The first-order valence-corrected chi connectivity index (χ1v) is 8.38. The molecule has 0 N–H and O–H groups in total. The minimum absolute atomic E-state index is 0.245. The third kappa shape index (κ3) is 3.91. The fourth-order valence-electron chi connectivity index (χ4n) is 3.20. The average molecular weight is 325 g/mol. The van der Waals surface area contributed by atoms with Crippen molar-refractivity contribution in [1.82, 2.24) is 10.2 Å². The maximum absolute atomic E-state index is 11.4. The van der Waals surface area contributed by atoms with Crippen molar-refractivity contribution in [3.05, 3.63) is 53.2 Å². The SMILES string of the molecule is COC(=O)c1ccc(N2CCC[C@H](Cc3ccc(C)cc3)C2)nn1. The standard InChI is InChI=1S/C19H23N3O2/c1-14-5-7-15(8-6-14)12-16-4-3-11-22(13-16)18-10-9-17(20-21-18)19(23)24-2/h5-10,16H,3-4,11-13H2,1-2H3/t16-/m1/s1. The molecule has 0 unspecified atom stereocenters. The van der Waals surface area contributed by atoms with Gasteiger partial charge in [0.05, 0.1) is 7.11 Å². The van der Waals surface area contributed by atoms with Crippen LogP contribution in [-0.4, -0.2) is 36.4 Å². The monoisotopic (exact) mass is 325 g/mol. The summed E-state index contributed by atoms with van der Waals surface area (Å²) >= 11 is 0.